The Kier molecular flexibility index (Phi) is 7.49. The van der Waals surface area contributed by atoms with Gasteiger partial charge in [-0.15, -0.1) is 0 Å². The van der Waals surface area contributed by atoms with Crippen LogP contribution in [0.4, 0.5) is 5.69 Å². The van der Waals surface area contributed by atoms with Gasteiger partial charge in [0.1, 0.15) is 6.54 Å². The van der Waals surface area contributed by atoms with Crippen LogP contribution in [0.25, 0.3) is 0 Å². The fourth-order valence-electron chi connectivity index (χ4n) is 2.58. The molecule has 0 saturated carbocycles. The van der Waals surface area contributed by atoms with Crippen molar-refractivity contribution in [2.75, 3.05) is 56.5 Å². The minimum absolute atomic E-state index is 0.285. The van der Waals surface area contributed by atoms with E-state index in [1.807, 2.05) is 0 Å². The normalized spacial score (nSPS) is 15.8. The highest BCUT2D eigenvalue weighted by Gasteiger charge is 2.22. The van der Waals surface area contributed by atoms with Gasteiger partial charge < -0.3 is 10.1 Å². The minimum Gasteiger partial charge on any atom is -0.379 e. The van der Waals surface area contributed by atoms with Gasteiger partial charge in [-0.3, -0.25) is 14.0 Å². The summed E-state index contributed by atoms with van der Waals surface area (Å²) in [5.41, 5.74) is 0.301. The number of nitrogens with one attached hydrogen (secondary N) is 1. The van der Waals surface area contributed by atoms with Crippen molar-refractivity contribution in [3.8, 4) is 0 Å². The van der Waals surface area contributed by atoms with Crippen molar-refractivity contribution in [2.24, 2.45) is 0 Å². The number of benzene rings is 1. The maximum atomic E-state index is 12.1. The Morgan fingerprint density at radius 3 is 2.64 bits per heavy atom. The number of morpholine rings is 1. The molecular formula is C16H24ClN3O4S. The molecule has 7 nitrogen and oxygen atoms in total. The quantitative estimate of drug-likeness (QED) is 0.669. The Hall–Kier alpha value is -1.35. The van der Waals surface area contributed by atoms with Crippen LogP contribution in [0.5, 0.6) is 0 Å². The second-order valence-corrected chi connectivity index (χ2v) is 8.19. The molecule has 0 aromatic heterocycles. The Labute approximate surface area is 153 Å². The Morgan fingerprint density at radius 1 is 1.32 bits per heavy atom. The lowest BCUT2D eigenvalue weighted by atomic mass is 10.3. The van der Waals surface area contributed by atoms with Gasteiger partial charge in [0.15, 0.2) is 0 Å². The van der Waals surface area contributed by atoms with Crippen molar-refractivity contribution < 1.29 is 17.9 Å². The maximum Gasteiger partial charge on any atom is 0.240 e. The minimum atomic E-state index is -3.62. The predicted molar refractivity (Wildman–Crippen MR) is 98.5 cm³/mol. The Morgan fingerprint density at radius 2 is 2.00 bits per heavy atom. The van der Waals surface area contributed by atoms with Crippen molar-refractivity contribution in [1.29, 1.82) is 0 Å². The van der Waals surface area contributed by atoms with E-state index < -0.39 is 10.0 Å². The fourth-order valence-corrected chi connectivity index (χ4v) is 3.73. The third kappa shape index (κ3) is 6.47. The molecule has 25 heavy (non-hydrogen) atoms. The van der Waals surface area contributed by atoms with Gasteiger partial charge in [0.05, 0.1) is 30.2 Å². The zero-order valence-electron chi connectivity index (χ0n) is 14.3. The summed E-state index contributed by atoms with van der Waals surface area (Å²) in [4.78, 5) is 14.4. The predicted octanol–water partition coefficient (Wildman–Crippen LogP) is 0.945. The first-order chi connectivity index (χ1) is 11.9. The van der Waals surface area contributed by atoms with E-state index in [9.17, 15) is 13.2 Å². The molecule has 1 aromatic carbocycles. The number of nitrogens with zero attached hydrogens (tertiary/aromatic N) is 2. The fraction of sp³-hybridized carbons (Fsp3) is 0.562. The summed E-state index contributed by atoms with van der Waals surface area (Å²) in [7, 11) is -3.62. The molecule has 1 fully saturated rings. The maximum absolute atomic E-state index is 12.1. The Bertz CT molecular complexity index is 678. The molecule has 1 saturated heterocycles. The van der Waals surface area contributed by atoms with Crippen LogP contribution in [0.3, 0.4) is 0 Å². The van der Waals surface area contributed by atoms with E-state index in [2.05, 4.69) is 10.2 Å². The number of amides is 1. The van der Waals surface area contributed by atoms with Crippen LogP contribution in [0, 0.1) is 0 Å². The van der Waals surface area contributed by atoms with Crippen molar-refractivity contribution in [1.82, 2.24) is 10.2 Å². The van der Waals surface area contributed by atoms with Crippen LogP contribution in [0.1, 0.15) is 6.42 Å². The van der Waals surface area contributed by atoms with Gasteiger partial charge in [-0.2, -0.15) is 0 Å². The summed E-state index contributed by atoms with van der Waals surface area (Å²) < 4.78 is 30.4. The molecule has 0 aliphatic carbocycles. The molecule has 0 bridgehead atoms. The third-order valence-corrected chi connectivity index (χ3v) is 5.33. The molecule has 1 aliphatic heterocycles. The SMILES string of the molecule is CS(=O)(=O)N(CC(=O)NCCCN1CCOCC1)c1ccccc1Cl. The van der Waals surface area contributed by atoms with E-state index in [4.69, 9.17) is 16.3 Å². The molecule has 1 heterocycles. The molecule has 9 heteroatoms. The highest BCUT2D eigenvalue weighted by atomic mass is 35.5. The van der Waals surface area contributed by atoms with Gasteiger partial charge in [-0.25, -0.2) is 8.42 Å². The number of halogens is 1. The topological polar surface area (TPSA) is 79.0 Å². The zero-order chi connectivity index (χ0) is 18.3. The summed E-state index contributed by atoms with van der Waals surface area (Å²) in [6, 6.07) is 6.56. The van der Waals surface area contributed by atoms with Gasteiger partial charge in [-0.1, -0.05) is 23.7 Å². The molecule has 0 spiro atoms. The van der Waals surface area contributed by atoms with Gasteiger partial charge in [-0.05, 0) is 25.1 Å². The number of para-hydroxylation sites is 1. The summed E-state index contributed by atoms with van der Waals surface area (Å²) in [6.45, 7) is 4.38. The van der Waals surface area contributed by atoms with Crippen molar-refractivity contribution in [3.63, 3.8) is 0 Å². The van der Waals surface area contributed by atoms with Crippen molar-refractivity contribution in [3.05, 3.63) is 29.3 Å². The van der Waals surface area contributed by atoms with Crippen LogP contribution in [-0.2, 0) is 19.6 Å². The van der Waals surface area contributed by atoms with Gasteiger partial charge in [0, 0.05) is 19.6 Å². The monoisotopic (exact) mass is 389 g/mol. The molecule has 2 rings (SSSR count). The van der Waals surface area contributed by atoms with E-state index >= 15 is 0 Å². The molecule has 1 amide bonds. The van der Waals surface area contributed by atoms with Gasteiger partial charge >= 0.3 is 0 Å². The summed E-state index contributed by atoms with van der Waals surface area (Å²) >= 11 is 6.07. The number of carbonyl (C=O) groups excluding carboxylic acids is 1. The molecule has 0 radical (unpaired) electrons. The van der Waals surface area contributed by atoms with Crippen LogP contribution in [0.2, 0.25) is 5.02 Å². The number of carbonyl (C=O) groups is 1. The molecule has 0 unspecified atom stereocenters. The first kappa shape index (κ1) is 20.0. The highest BCUT2D eigenvalue weighted by Crippen LogP contribution is 2.26. The highest BCUT2D eigenvalue weighted by molar-refractivity contribution is 7.92. The third-order valence-electron chi connectivity index (χ3n) is 3.89. The lowest BCUT2D eigenvalue weighted by molar-refractivity contribution is -0.119. The lowest BCUT2D eigenvalue weighted by Crippen LogP contribution is -2.42. The smallest absolute Gasteiger partial charge is 0.240 e. The van der Waals surface area contributed by atoms with E-state index in [0.717, 1.165) is 49.8 Å². The van der Waals surface area contributed by atoms with Gasteiger partial charge in [0.2, 0.25) is 15.9 Å². The van der Waals surface area contributed by atoms with E-state index in [0.29, 0.717) is 12.2 Å². The van der Waals surface area contributed by atoms with Crippen LogP contribution in [-0.4, -0.2) is 71.4 Å². The number of anilines is 1. The molecule has 0 atom stereocenters. The summed E-state index contributed by atoms with van der Waals surface area (Å²) in [5, 5.41) is 3.05. The number of hydrogen-bond donors (Lipinski definition) is 1. The largest absolute Gasteiger partial charge is 0.379 e. The number of hydrogen-bond acceptors (Lipinski definition) is 5. The van der Waals surface area contributed by atoms with Gasteiger partial charge in [0.25, 0.3) is 0 Å². The molecule has 1 aliphatic rings. The number of ether oxygens (including phenoxy) is 1. The molecule has 1 aromatic rings. The first-order valence-corrected chi connectivity index (χ1v) is 10.4. The summed E-state index contributed by atoms with van der Waals surface area (Å²) in [5.74, 6) is -0.354. The van der Waals surface area contributed by atoms with E-state index in [1.165, 1.54) is 0 Å². The average molecular weight is 390 g/mol. The van der Waals surface area contributed by atoms with Crippen molar-refractivity contribution >= 4 is 33.2 Å². The first-order valence-electron chi connectivity index (χ1n) is 8.17. The average Bonchev–Trinajstić information content (AvgIpc) is 2.57. The molecule has 1 N–H and O–H groups in total. The second-order valence-electron chi connectivity index (χ2n) is 5.88. The van der Waals surface area contributed by atoms with Crippen LogP contribution >= 0.6 is 11.6 Å². The molecular weight excluding hydrogens is 366 g/mol. The summed E-state index contributed by atoms with van der Waals surface area (Å²) in [6.07, 6.45) is 1.86. The van der Waals surface area contributed by atoms with Crippen molar-refractivity contribution in [2.45, 2.75) is 6.42 Å². The standard InChI is InChI=1S/C16H24ClN3O4S/c1-25(22,23)20(15-6-3-2-5-14(15)17)13-16(21)18-7-4-8-19-9-11-24-12-10-19/h2-3,5-6H,4,7-13H2,1H3,(H,18,21). The number of rotatable bonds is 8. The Balaban J connectivity index is 1.84. The molecule has 140 valence electrons. The second kappa shape index (κ2) is 9.38. The zero-order valence-corrected chi connectivity index (χ0v) is 15.9. The van der Waals surface area contributed by atoms with Crippen LogP contribution in [0.15, 0.2) is 24.3 Å². The lowest BCUT2D eigenvalue weighted by Gasteiger charge is -2.26. The van der Waals surface area contributed by atoms with Crippen LogP contribution < -0.4 is 9.62 Å². The van der Waals surface area contributed by atoms with E-state index in [-0.39, 0.29) is 17.5 Å². The number of sulfonamides is 1. The van der Waals surface area contributed by atoms with E-state index in [1.54, 1.807) is 24.3 Å².